The highest BCUT2D eigenvalue weighted by molar-refractivity contribution is 6.31. The van der Waals surface area contributed by atoms with Gasteiger partial charge in [-0.05, 0) is 17.7 Å². The van der Waals surface area contributed by atoms with Crippen molar-refractivity contribution in [2.24, 2.45) is 0 Å². The van der Waals surface area contributed by atoms with E-state index in [9.17, 15) is 13.2 Å². The van der Waals surface area contributed by atoms with Crippen LogP contribution in [0.15, 0.2) is 6.07 Å². The molecule has 1 aromatic heterocycles. The minimum Gasteiger partial charge on any atom is -0.372 e. The fourth-order valence-electron chi connectivity index (χ4n) is 0.926. The van der Waals surface area contributed by atoms with Gasteiger partial charge in [-0.2, -0.15) is 13.2 Å². The Labute approximate surface area is 99.5 Å². The first-order valence-corrected chi connectivity index (χ1v) is 4.96. The summed E-state index contributed by atoms with van der Waals surface area (Å²) in [5.41, 5.74) is 0.437. The lowest BCUT2D eigenvalue weighted by molar-refractivity contribution is -0.173. The van der Waals surface area contributed by atoms with E-state index in [0.717, 1.165) is 0 Å². The van der Waals surface area contributed by atoms with Crippen molar-refractivity contribution in [3.63, 3.8) is 0 Å². The van der Waals surface area contributed by atoms with Gasteiger partial charge in [0, 0.05) is 12.1 Å². The Hall–Kier alpha value is -0.590. The van der Waals surface area contributed by atoms with Gasteiger partial charge in [0.1, 0.15) is 11.8 Å². The molecule has 0 aliphatic carbocycles. The average molecular weight is 275 g/mol. The van der Waals surface area contributed by atoms with Crippen LogP contribution in [0.25, 0.3) is 0 Å². The Morgan fingerprint density at radius 3 is 2.50 bits per heavy atom. The van der Waals surface area contributed by atoms with Gasteiger partial charge >= 0.3 is 6.18 Å². The van der Waals surface area contributed by atoms with Crippen molar-refractivity contribution in [3.05, 3.63) is 22.2 Å². The zero-order chi connectivity index (χ0) is 12.2. The predicted molar refractivity (Wildman–Crippen MR) is 52.6 cm³/mol. The van der Waals surface area contributed by atoms with Crippen LogP contribution in [-0.2, 0) is 11.2 Å². The zero-order valence-corrected chi connectivity index (χ0v) is 9.40. The van der Waals surface area contributed by atoms with Crippen molar-refractivity contribution in [2.75, 3.05) is 13.2 Å². The van der Waals surface area contributed by atoms with Gasteiger partial charge in [0.15, 0.2) is 0 Å². The van der Waals surface area contributed by atoms with Crippen molar-refractivity contribution in [2.45, 2.75) is 12.6 Å². The van der Waals surface area contributed by atoms with Gasteiger partial charge in [-0.25, -0.2) is 9.97 Å². The number of alkyl halides is 3. The van der Waals surface area contributed by atoms with E-state index in [0.29, 0.717) is 5.69 Å². The largest absolute Gasteiger partial charge is 0.411 e. The van der Waals surface area contributed by atoms with E-state index in [1.165, 1.54) is 6.07 Å². The van der Waals surface area contributed by atoms with Crippen LogP contribution < -0.4 is 0 Å². The topological polar surface area (TPSA) is 35.0 Å². The summed E-state index contributed by atoms with van der Waals surface area (Å²) in [6.45, 7) is -1.39. The zero-order valence-electron chi connectivity index (χ0n) is 7.89. The number of halogens is 5. The van der Waals surface area contributed by atoms with Crippen molar-refractivity contribution in [3.8, 4) is 0 Å². The molecule has 0 atom stereocenters. The molecule has 8 heteroatoms. The molecule has 0 amide bonds. The highest BCUT2D eigenvalue weighted by Gasteiger charge is 2.27. The molecular weight excluding hydrogens is 268 g/mol. The standard InChI is InChI=1S/C8H7Cl2F3N2O/c9-6-3-5(14-7(10)15-6)1-2-16-4-8(11,12)13/h3H,1-2,4H2. The number of nitrogens with zero attached hydrogens (tertiary/aromatic N) is 2. The summed E-state index contributed by atoms with van der Waals surface area (Å²) >= 11 is 11.1. The van der Waals surface area contributed by atoms with Gasteiger partial charge in [-0.3, -0.25) is 0 Å². The van der Waals surface area contributed by atoms with Gasteiger partial charge in [-0.15, -0.1) is 0 Å². The summed E-state index contributed by atoms with van der Waals surface area (Å²) < 4.78 is 39.6. The molecule has 0 aromatic carbocycles. The molecule has 1 heterocycles. The first-order valence-electron chi connectivity index (χ1n) is 4.20. The quantitative estimate of drug-likeness (QED) is 0.481. The van der Waals surface area contributed by atoms with Gasteiger partial charge in [-0.1, -0.05) is 11.6 Å². The third kappa shape index (κ3) is 5.48. The second kappa shape index (κ2) is 5.65. The summed E-state index contributed by atoms with van der Waals surface area (Å²) in [6.07, 6.45) is -4.13. The summed E-state index contributed by atoms with van der Waals surface area (Å²) in [5.74, 6) is 0. The monoisotopic (exact) mass is 274 g/mol. The Balaban J connectivity index is 2.37. The van der Waals surface area contributed by atoms with E-state index in [4.69, 9.17) is 23.2 Å². The van der Waals surface area contributed by atoms with Gasteiger partial charge in [0.05, 0.1) is 6.61 Å². The second-order valence-electron chi connectivity index (χ2n) is 2.87. The third-order valence-electron chi connectivity index (χ3n) is 1.49. The van der Waals surface area contributed by atoms with E-state index in [1.807, 2.05) is 0 Å². The molecule has 0 saturated heterocycles. The molecule has 0 bridgehead atoms. The molecule has 1 aromatic rings. The Kier molecular flexibility index (Phi) is 4.76. The first-order chi connectivity index (χ1) is 7.37. The van der Waals surface area contributed by atoms with Crippen LogP contribution in [0.3, 0.4) is 0 Å². The molecule has 0 N–H and O–H groups in total. The molecule has 0 radical (unpaired) electrons. The number of rotatable bonds is 4. The van der Waals surface area contributed by atoms with Crippen molar-refractivity contribution in [1.29, 1.82) is 0 Å². The minimum atomic E-state index is -4.32. The normalized spacial score (nSPS) is 11.8. The Morgan fingerprint density at radius 1 is 1.25 bits per heavy atom. The van der Waals surface area contributed by atoms with Crippen LogP contribution in [0.5, 0.6) is 0 Å². The van der Waals surface area contributed by atoms with Crippen molar-refractivity contribution in [1.82, 2.24) is 9.97 Å². The fourth-order valence-corrected chi connectivity index (χ4v) is 1.38. The molecule has 3 nitrogen and oxygen atoms in total. The Bertz CT molecular complexity index is 339. The summed E-state index contributed by atoms with van der Waals surface area (Å²) in [7, 11) is 0. The first kappa shape index (κ1) is 13.5. The van der Waals surface area contributed by atoms with Gasteiger partial charge in [0.25, 0.3) is 0 Å². The third-order valence-corrected chi connectivity index (χ3v) is 1.85. The maximum Gasteiger partial charge on any atom is 0.411 e. The van der Waals surface area contributed by atoms with Crippen LogP contribution in [0, 0.1) is 0 Å². The molecule has 0 fully saturated rings. The SMILES string of the molecule is FC(F)(F)COCCc1cc(Cl)nc(Cl)n1. The molecule has 1 rings (SSSR count). The van der Waals surface area contributed by atoms with E-state index < -0.39 is 12.8 Å². The van der Waals surface area contributed by atoms with E-state index in [1.54, 1.807) is 0 Å². The molecule has 0 spiro atoms. The van der Waals surface area contributed by atoms with E-state index in [2.05, 4.69) is 14.7 Å². The van der Waals surface area contributed by atoms with Crippen LogP contribution in [0.2, 0.25) is 10.4 Å². The van der Waals surface area contributed by atoms with E-state index >= 15 is 0 Å². The molecule has 90 valence electrons. The fraction of sp³-hybridized carbons (Fsp3) is 0.500. The summed E-state index contributed by atoms with van der Waals surface area (Å²) in [5, 5.41) is 0.101. The van der Waals surface area contributed by atoms with Crippen molar-refractivity contribution < 1.29 is 17.9 Å². The summed E-state index contributed by atoms with van der Waals surface area (Å²) in [6, 6.07) is 1.42. The maximum absolute atomic E-state index is 11.7. The lowest BCUT2D eigenvalue weighted by Gasteiger charge is -2.07. The van der Waals surface area contributed by atoms with E-state index in [-0.39, 0.29) is 23.5 Å². The summed E-state index contributed by atoms with van der Waals surface area (Å²) in [4.78, 5) is 7.38. The smallest absolute Gasteiger partial charge is 0.372 e. The van der Waals surface area contributed by atoms with Gasteiger partial charge in [0.2, 0.25) is 5.28 Å². The number of hydrogen-bond donors (Lipinski definition) is 0. The number of ether oxygens (including phenoxy) is 1. The highest BCUT2D eigenvalue weighted by atomic mass is 35.5. The number of aromatic nitrogens is 2. The lowest BCUT2D eigenvalue weighted by atomic mass is 10.3. The second-order valence-corrected chi connectivity index (χ2v) is 3.59. The van der Waals surface area contributed by atoms with Crippen LogP contribution in [0.4, 0.5) is 13.2 Å². The average Bonchev–Trinajstić information content (AvgIpc) is 2.09. The van der Waals surface area contributed by atoms with Crippen molar-refractivity contribution >= 4 is 23.2 Å². The molecule has 16 heavy (non-hydrogen) atoms. The van der Waals surface area contributed by atoms with Crippen LogP contribution in [-0.4, -0.2) is 29.4 Å². The molecule has 0 aliphatic heterocycles. The number of hydrogen-bond acceptors (Lipinski definition) is 3. The molecular formula is C8H7Cl2F3N2O. The molecule has 0 aliphatic rings. The highest BCUT2D eigenvalue weighted by Crippen LogP contribution is 2.15. The van der Waals surface area contributed by atoms with Gasteiger partial charge < -0.3 is 4.74 Å². The van der Waals surface area contributed by atoms with Crippen LogP contribution in [0.1, 0.15) is 5.69 Å². The molecule has 0 saturated carbocycles. The predicted octanol–water partition coefficient (Wildman–Crippen LogP) is 2.90. The molecule has 0 unspecified atom stereocenters. The lowest BCUT2D eigenvalue weighted by Crippen LogP contribution is -2.18. The Morgan fingerprint density at radius 2 is 1.94 bits per heavy atom. The van der Waals surface area contributed by atoms with Crippen LogP contribution >= 0.6 is 23.2 Å². The maximum atomic E-state index is 11.7. The minimum absolute atomic E-state index is 0.0432.